The summed E-state index contributed by atoms with van der Waals surface area (Å²) in [6.45, 7) is 4.19. The Morgan fingerprint density at radius 1 is 1.86 bits per heavy atom. The van der Waals surface area contributed by atoms with Crippen molar-refractivity contribution < 1.29 is 0 Å². The van der Waals surface area contributed by atoms with E-state index in [1.807, 2.05) is 6.92 Å². The van der Waals surface area contributed by atoms with E-state index >= 15 is 0 Å². The maximum absolute atomic E-state index is 5.52. The molecule has 0 saturated carbocycles. The normalized spacial score (nSPS) is 31.9. The monoisotopic (exact) mass is 97.1 g/mol. The molecule has 1 heteroatoms. The Morgan fingerprint density at radius 3 is 2.29 bits per heavy atom. The van der Waals surface area contributed by atoms with Crippen LogP contribution in [0.1, 0.15) is 13.8 Å². The van der Waals surface area contributed by atoms with Crippen molar-refractivity contribution in [3.05, 3.63) is 11.6 Å². The summed E-state index contributed by atoms with van der Waals surface area (Å²) >= 11 is 0. The quantitative estimate of drug-likeness (QED) is 0.483. The molecule has 2 unspecified atom stereocenters. The number of allylic oxidation sites excluding steroid dienone is 1. The van der Waals surface area contributed by atoms with Gasteiger partial charge < -0.3 is 5.73 Å². The molecule has 0 aromatic carbocycles. The fraction of sp³-hybridized carbons (Fsp3) is 0.667. The minimum absolute atomic E-state index is 0.301. The summed E-state index contributed by atoms with van der Waals surface area (Å²) < 4.78 is 0. The Hall–Kier alpha value is -0.300. The van der Waals surface area contributed by atoms with Crippen LogP contribution in [0.25, 0.3) is 0 Å². The molecule has 40 valence electrons. The minimum Gasteiger partial charge on any atom is -0.324 e. The predicted octanol–water partition coefficient (Wildman–Crippen LogP) is 0.910. The Bertz CT molecular complexity index is 103. The summed E-state index contributed by atoms with van der Waals surface area (Å²) in [4.78, 5) is 0. The molecule has 0 aromatic rings. The molecule has 0 aliphatic heterocycles. The van der Waals surface area contributed by atoms with E-state index in [9.17, 15) is 0 Å². The second kappa shape index (κ2) is 1.34. The van der Waals surface area contributed by atoms with Gasteiger partial charge in [-0.15, -0.1) is 0 Å². The van der Waals surface area contributed by atoms with E-state index in [4.69, 9.17) is 5.73 Å². The largest absolute Gasteiger partial charge is 0.324 e. The van der Waals surface area contributed by atoms with Gasteiger partial charge in [0, 0.05) is 6.04 Å². The van der Waals surface area contributed by atoms with E-state index in [0.717, 1.165) is 0 Å². The Kier molecular flexibility index (Phi) is 0.927. The van der Waals surface area contributed by atoms with E-state index in [1.54, 1.807) is 0 Å². The second-order valence-corrected chi connectivity index (χ2v) is 2.24. The molecule has 0 aromatic heterocycles. The van der Waals surface area contributed by atoms with Crippen molar-refractivity contribution in [1.82, 2.24) is 0 Å². The third kappa shape index (κ3) is 0.829. The summed E-state index contributed by atoms with van der Waals surface area (Å²) in [5, 5.41) is 0. The van der Waals surface area contributed by atoms with Gasteiger partial charge in [0.15, 0.2) is 0 Å². The lowest BCUT2D eigenvalue weighted by molar-refractivity contribution is 0.829. The van der Waals surface area contributed by atoms with Gasteiger partial charge >= 0.3 is 0 Å². The van der Waals surface area contributed by atoms with Crippen molar-refractivity contribution in [3.8, 4) is 0 Å². The van der Waals surface area contributed by atoms with Crippen LogP contribution in [-0.2, 0) is 0 Å². The molecule has 0 amide bonds. The molecule has 1 nitrogen and oxygen atoms in total. The number of hydrogen-bond donors (Lipinski definition) is 1. The number of rotatable bonds is 1. The summed E-state index contributed by atoms with van der Waals surface area (Å²) in [5.74, 6) is 0.708. The van der Waals surface area contributed by atoms with Crippen molar-refractivity contribution >= 4 is 0 Å². The van der Waals surface area contributed by atoms with Gasteiger partial charge in [-0.3, -0.25) is 0 Å². The van der Waals surface area contributed by atoms with Crippen LogP contribution in [0.3, 0.4) is 0 Å². The average Bonchev–Trinajstić information content (AvgIpc) is 2.17. The van der Waals surface area contributed by atoms with E-state index in [0.29, 0.717) is 12.0 Å². The Morgan fingerprint density at radius 2 is 2.29 bits per heavy atom. The molecule has 7 heavy (non-hydrogen) atoms. The lowest BCUT2D eigenvalue weighted by Crippen LogP contribution is -2.13. The van der Waals surface area contributed by atoms with Gasteiger partial charge in [0.05, 0.1) is 0 Å². The molecule has 1 rings (SSSR count). The molecule has 2 N–H and O–H groups in total. The molecule has 2 atom stereocenters. The molecule has 0 radical (unpaired) electrons. The lowest BCUT2D eigenvalue weighted by Gasteiger charge is -1.95. The van der Waals surface area contributed by atoms with Gasteiger partial charge in [0.1, 0.15) is 0 Å². The molecular weight excluding hydrogens is 86.1 g/mol. The van der Waals surface area contributed by atoms with Crippen molar-refractivity contribution in [2.24, 2.45) is 11.7 Å². The predicted molar refractivity (Wildman–Crippen MR) is 30.9 cm³/mol. The molecule has 0 saturated heterocycles. The van der Waals surface area contributed by atoms with Crippen molar-refractivity contribution in [1.29, 1.82) is 0 Å². The Labute approximate surface area is 44.2 Å². The van der Waals surface area contributed by atoms with Gasteiger partial charge in [-0.05, 0) is 12.8 Å². The highest BCUT2D eigenvalue weighted by Crippen LogP contribution is 2.29. The zero-order chi connectivity index (χ0) is 5.44. The third-order valence-electron chi connectivity index (χ3n) is 1.38. The zero-order valence-corrected chi connectivity index (χ0v) is 4.81. The summed E-state index contributed by atoms with van der Waals surface area (Å²) in [5.41, 5.74) is 6.94. The summed E-state index contributed by atoms with van der Waals surface area (Å²) in [6.07, 6.45) is 2.20. The standard InChI is InChI=1S/C6H11N/c1-4-3-6(4)5(2)7/h3-5H,7H2,1-2H3. The lowest BCUT2D eigenvalue weighted by atomic mass is 10.2. The van der Waals surface area contributed by atoms with E-state index < -0.39 is 0 Å². The highest BCUT2D eigenvalue weighted by atomic mass is 14.6. The second-order valence-electron chi connectivity index (χ2n) is 2.24. The van der Waals surface area contributed by atoms with Crippen molar-refractivity contribution in [2.45, 2.75) is 19.9 Å². The van der Waals surface area contributed by atoms with Gasteiger partial charge in [-0.25, -0.2) is 0 Å². The average molecular weight is 97.2 g/mol. The zero-order valence-electron chi connectivity index (χ0n) is 4.81. The van der Waals surface area contributed by atoms with Gasteiger partial charge in [0.25, 0.3) is 0 Å². The smallest absolute Gasteiger partial charge is 0.0230 e. The number of nitrogens with two attached hydrogens (primary N) is 1. The first kappa shape index (κ1) is 4.85. The van der Waals surface area contributed by atoms with Crippen molar-refractivity contribution in [3.63, 3.8) is 0 Å². The van der Waals surface area contributed by atoms with Gasteiger partial charge in [0.2, 0.25) is 0 Å². The Balaban J connectivity index is 2.33. The summed E-state index contributed by atoms with van der Waals surface area (Å²) in [7, 11) is 0. The van der Waals surface area contributed by atoms with E-state index in [1.165, 1.54) is 5.57 Å². The van der Waals surface area contributed by atoms with Crippen molar-refractivity contribution in [2.75, 3.05) is 0 Å². The van der Waals surface area contributed by atoms with Crippen LogP contribution in [0, 0.1) is 5.92 Å². The highest BCUT2D eigenvalue weighted by molar-refractivity contribution is 5.31. The highest BCUT2D eigenvalue weighted by Gasteiger charge is 2.21. The molecule has 0 fully saturated rings. The van der Waals surface area contributed by atoms with Gasteiger partial charge in [-0.1, -0.05) is 18.6 Å². The molecule has 0 spiro atoms. The minimum atomic E-state index is 0.301. The first-order valence-corrected chi connectivity index (χ1v) is 2.69. The van der Waals surface area contributed by atoms with Crippen LogP contribution in [0.15, 0.2) is 11.6 Å². The molecule has 0 heterocycles. The van der Waals surface area contributed by atoms with Crippen LogP contribution in [-0.4, -0.2) is 6.04 Å². The fourth-order valence-corrected chi connectivity index (χ4v) is 0.807. The molecule has 0 bridgehead atoms. The maximum Gasteiger partial charge on any atom is 0.0230 e. The van der Waals surface area contributed by atoms with Crippen LogP contribution in [0.4, 0.5) is 0 Å². The van der Waals surface area contributed by atoms with Gasteiger partial charge in [-0.2, -0.15) is 0 Å². The van der Waals surface area contributed by atoms with Crippen LogP contribution in [0.5, 0.6) is 0 Å². The SMILES string of the molecule is CC(N)C1=CC1C. The van der Waals surface area contributed by atoms with E-state index in [2.05, 4.69) is 13.0 Å². The van der Waals surface area contributed by atoms with Crippen LogP contribution < -0.4 is 5.73 Å². The topological polar surface area (TPSA) is 26.0 Å². The molecule has 1 aliphatic carbocycles. The first-order chi connectivity index (χ1) is 3.22. The molecular formula is C6H11N. The summed E-state index contributed by atoms with van der Waals surface area (Å²) in [6, 6.07) is 0.301. The van der Waals surface area contributed by atoms with Crippen LogP contribution in [0.2, 0.25) is 0 Å². The van der Waals surface area contributed by atoms with E-state index in [-0.39, 0.29) is 0 Å². The van der Waals surface area contributed by atoms with Crippen LogP contribution >= 0.6 is 0 Å². The number of hydrogen-bond acceptors (Lipinski definition) is 1. The molecule has 1 aliphatic rings. The third-order valence-corrected chi connectivity index (χ3v) is 1.38. The first-order valence-electron chi connectivity index (χ1n) is 2.69. The maximum atomic E-state index is 5.52. The fourth-order valence-electron chi connectivity index (χ4n) is 0.807.